The Balaban J connectivity index is 1.68. The molecule has 0 atom stereocenters. The molecular formula is C23H19F5N6O2S. The molecule has 4 aromatic heterocycles. The number of alkyl halides is 5. The Hall–Kier alpha value is -3.55. The van der Waals surface area contributed by atoms with Crippen molar-refractivity contribution in [2.24, 2.45) is 7.05 Å². The van der Waals surface area contributed by atoms with Crippen molar-refractivity contribution in [2.75, 3.05) is 5.75 Å². The van der Waals surface area contributed by atoms with E-state index in [-0.39, 0.29) is 39.2 Å². The molecule has 4 heterocycles. The van der Waals surface area contributed by atoms with E-state index in [4.69, 9.17) is 0 Å². The van der Waals surface area contributed by atoms with Gasteiger partial charge in [-0.3, -0.25) is 9.97 Å². The standard InChI is InChI=1S/C23H19F5N6O2S/c1-3-37(35,36)16-9-13(14-5-4-8-29-18(14)12-6-7-12)11-30-19(16)21-31-15-10-17(22(24,25)23(26,27)28)32-33-20(15)34(21)2/h4-5,8-12H,3,6-7H2,1-2H3. The van der Waals surface area contributed by atoms with Gasteiger partial charge in [0.05, 0.1) is 16.3 Å². The van der Waals surface area contributed by atoms with Crippen LogP contribution in [0.1, 0.15) is 37.1 Å². The predicted molar refractivity (Wildman–Crippen MR) is 122 cm³/mol. The number of hydrogen-bond donors (Lipinski definition) is 0. The number of aromatic nitrogens is 6. The minimum absolute atomic E-state index is 0.0797. The van der Waals surface area contributed by atoms with E-state index in [9.17, 15) is 30.4 Å². The second kappa shape index (κ2) is 8.50. The van der Waals surface area contributed by atoms with Crippen LogP contribution in [0.2, 0.25) is 0 Å². The highest BCUT2D eigenvalue weighted by atomic mass is 32.2. The molecule has 0 unspecified atom stereocenters. The van der Waals surface area contributed by atoms with Gasteiger partial charge in [-0.2, -0.15) is 22.0 Å². The molecule has 0 aliphatic heterocycles. The van der Waals surface area contributed by atoms with E-state index in [1.54, 1.807) is 12.3 Å². The van der Waals surface area contributed by atoms with E-state index in [0.717, 1.165) is 24.1 Å². The molecule has 0 spiro atoms. The average molecular weight is 539 g/mol. The third kappa shape index (κ3) is 4.22. The number of nitrogens with zero attached hydrogens (tertiary/aromatic N) is 6. The monoisotopic (exact) mass is 538 g/mol. The summed E-state index contributed by atoms with van der Waals surface area (Å²) in [6, 6.07) is 5.51. The van der Waals surface area contributed by atoms with Crippen LogP contribution in [0.15, 0.2) is 41.6 Å². The van der Waals surface area contributed by atoms with Gasteiger partial charge in [-0.1, -0.05) is 13.0 Å². The summed E-state index contributed by atoms with van der Waals surface area (Å²) in [7, 11) is -2.46. The molecule has 1 saturated carbocycles. The molecule has 0 bridgehead atoms. The summed E-state index contributed by atoms with van der Waals surface area (Å²) in [4.78, 5) is 12.8. The van der Waals surface area contributed by atoms with Crippen LogP contribution in [0.5, 0.6) is 0 Å². The lowest BCUT2D eigenvalue weighted by atomic mass is 10.0. The van der Waals surface area contributed by atoms with Crippen molar-refractivity contribution in [1.82, 2.24) is 29.7 Å². The molecule has 194 valence electrons. The van der Waals surface area contributed by atoms with Gasteiger partial charge in [-0.15, -0.1) is 10.2 Å². The Labute approximate surface area is 207 Å². The maximum absolute atomic E-state index is 13.8. The van der Waals surface area contributed by atoms with Gasteiger partial charge in [0.15, 0.2) is 21.3 Å². The van der Waals surface area contributed by atoms with Gasteiger partial charge in [0, 0.05) is 36.5 Å². The Morgan fingerprint density at radius 3 is 2.46 bits per heavy atom. The summed E-state index contributed by atoms with van der Waals surface area (Å²) < 4.78 is 93.6. The summed E-state index contributed by atoms with van der Waals surface area (Å²) >= 11 is 0. The van der Waals surface area contributed by atoms with Crippen LogP contribution in [0, 0.1) is 0 Å². The molecule has 4 aromatic rings. The zero-order valence-electron chi connectivity index (χ0n) is 19.5. The normalized spacial score (nSPS) is 14.9. The van der Waals surface area contributed by atoms with E-state index in [1.165, 1.54) is 30.8 Å². The van der Waals surface area contributed by atoms with Crippen LogP contribution < -0.4 is 0 Å². The Bertz CT molecular complexity index is 1630. The first kappa shape index (κ1) is 25.1. The van der Waals surface area contributed by atoms with Crippen LogP contribution >= 0.6 is 0 Å². The van der Waals surface area contributed by atoms with E-state index < -0.39 is 27.6 Å². The number of fused-ring (bicyclic) bond motifs is 1. The van der Waals surface area contributed by atoms with Crippen LogP contribution in [-0.2, 0) is 22.8 Å². The Morgan fingerprint density at radius 1 is 1.08 bits per heavy atom. The van der Waals surface area contributed by atoms with Crippen molar-refractivity contribution in [2.45, 2.75) is 42.7 Å². The van der Waals surface area contributed by atoms with Crippen molar-refractivity contribution >= 4 is 21.0 Å². The summed E-state index contributed by atoms with van der Waals surface area (Å²) in [6.07, 6.45) is -0.795. The first-order chi connectivity index (χ1) is 17.3. The number of rotatable bonds is 6. The largest absolute Gasteiger partial charge is 0.459 e. The molecule has 0 saturated heterocycles. The van der Waals surface area contributed by atoms with E-state index in [1.807, 2.05) is 6.07 Å². The van der Waals surface area contributed by atoms with Crippen molar-refractivity contribution in [3.05, 3.63) is 48.0 Å². The van der Waals surface area contributed by atoms with Crippen molar-refractivity contribution < 1.29 is 30.4 Å². The average Bonchev–Trinajstić information content (AvgIpc) is 3.66. The number of imidazole rings is 1. The fraction of sp³-hybridized carbons (Fsp3) is 0.348. The highest BCUT2D eigenvalue weighted by Crippen LogP contribution is 2.45. The topological polar surface area (TPSA) is 104 Å². The molecule has 1 fully saturated rings. The maximum Gasteiger partial charge on any atom is 0.459 e. The molecule has 0 aromatic carbocycles. The molecule has 14 heteroatoms. The number of pyridine rings is 2. The maximum atomic E-state index is 13.8. The Morgan fingerprint density at radius 2 is 1.81 bits per heavy atom. The molecule has 1 aliphatic rings. The van der Waals surface area contributed by atoms with Gasteiger partial charge < -0.3 is 4.57 Å². The molecule has 8 nitrogen and oxygen atoms in total. The zero-order valence-corrected chi connectivity index (χ0v) is 20.3. The molecule has 5 rings (SSSR count). The lowest BCUT2D eigenvalue weighted by molar-refractivity contribution is -0.291. The highest BCUT2D eigenvalue weighted by molar-refractivity contribution is 7.91. The van der Waals surface area contributed by atoms with E-state index >= 15 is 0 Å². The number of aryl methyl sites for hydroxylation is 1. The van der Waals surface area contributed by atoms with Gasteiger partial charge in [0.25, 0.3) is 0 Å². The van der Waals surface area contributed by atoms with E-state index in [0.29, 0.717) is 11.6 Å². The van der Waals surface area contributed by atoms with Crippen molar-refractivity contribution in [3.63, 3.8) is 0 Å². The van der Waals surface area contributed by atoms with Crippen LogP contribution in [0.25, 0.3) is 33.8 Å². The molecule has 0 radical (unpaired) electrons. The third-order valence-corrected chi connectivity index (χ3v) is 7.93. The lowest BCUT2D eigenvalue weighted by Gasteiger charge is -2.17. The molecular weight excluding hydrogens is 519 g/mol. The van der Waals surface area contributed by atoms with Gasteiger partial charge in [-0.05, 0) is 31.0 Å². The van der Waals surface area contributed by atoms with Crippen LogP contribution in [-0.4, -0.2) is 50.1 Å². The summed E-state index contributed by atoms with van der Waals surface area (Å²) in [6.45, 7) is 1.46. The van der Waals surface area contributed by atoms with Gasteiger partial charge in [0.1, 0.15) is 16.9 Å². The van der Waals surface area contributed by atoms with Crippen LogP contribution in [0.3, 0.4) is 0 Å². The highest BCUT2D eigenvalue weighted by Gasteiger charge is 2.60. The molecule has 37 heavy (non-hydrogen) atoms. The third-order valence-electron chi connectivity index (χ3n) is 6.19. The number of halogens is 5. The zero-order chi connectivity index (χ0) is 26.8. The minimum Gasteiger partial charge on any atom is -0.309 e. The number of sulfone groups is 1. The van der Waals surface area contributed by atoms with E-state index in [2.05, 4.69) is 25.1 Å². The van der Waals surface area contributed by atoms with Gasteiger partial charge >= 0.3 is 12.1 Å². The first-order valence-corrected chi connectivity index (χ1v) is 12.8. The number of hydrogen-bond acceptors (Lipinski definition) is 7. The molecule has 0 N–H and O–H groups in total. The summed E-state index contributed by atoms with van der Waals surface area (Å²) in [5.41, 5.74) is -0.0414. The smallest absolute Gasteiger partial charge is 0.309 e. The second-order valence-corrected chi connectivity index (χ2v) is 10.9. The predicted octanol–water partition coefficient (Wildman–Crippen LogP) is 4.81. The summed E-state index contributed by atoms with van der Waals surface area (Å²) in [5.74, 6) is -5.31. The Kier molecular flexibility index (Phi) is 5.77. The van der Waals surface area contributed by atoms with Crippen molar-refractivity contribution in [3.8, 4) is 22.6 Å². The van der Waals surface area contributed by atoms with Gasteiger partial charge in [0.2, 0.25) is 0 Å². The molecule has 1 aliphatic carbocycles. The first-order valence-electron chi connectivity index (χ1n) is 11.2. The second-order valence-electron chi connectivity index (χ2n) is 8.69. The fourth-order valence-electron chi connectivity index (χ4n) is 3.99. The van der Waals surface area contributed by atoms with Crippen molar-refractivity contribution in [1.29, 1.82) is 0 Å². The lowest BCUT2D eigenvalue weighted by Crippen LogP contribution is -2.34. The molecule has 0 amide bonds. The fourth-order valence-corrected chi connectivity index (χ4v) is 5.05. The quantitative estimate of drug-likeness (QED) is 0.325. The minimum atomic E-state index is -5.88. The van der Waals surface area contributed by atoms with Crippen LogP contribution in [0.4, 0.5) is 22.0 Å². The van der Waals surface area contributed by atoms with Gasteiger partial charge in [-0.25, -0.2) is 13.4 Å². The SMILES string of the molecule is CCS(=O)(=O)c1cc(-c2cccnc2C2CC2)cnc1-c1nc2cc(C(F)(F)C(F)(F)F)nnc2n1C. The summed E-state index contributed by atoms with van der Waals surface area (Å²) in [5, 5.41) is 6.57.